The number of aromatic nitrogens is 4. The first-order valence-corrected chi connectivity index (χ1v) is 7.71. The van der Waals surface area contributed by atoms with Crippen molar-refractivity contribution in [3.05, 3.63) is 64.3 Å². The molecule has 2 aromatic heterocycles. The SMILES string of the molecule is O=C(Cn1cc(Cl)cn1)Nc1ccn(Cc2c(F)cccc2Cl)n1. The van der Waals surface area contributed by atoms with E-state index >= 15 is 0 Å². The van der Waals surface area contributed by atoms with Gasteiger partial charge in [0.05, 0.1) is 17.8 Å². The molecule has 9 heteroatoms. The number of rotatable bonds is 5. The van der Waals surface area contributed by atoms with Gasteiger partial charge in [-0.05, 0) is 12.1 Å². The monoisotopic (exact) mass is 367 g/mol. The van der Waals surface area contributed by atoms with Gasteiger partial charge in [-0.25, -0.2) is 4.39 Å². The van der Waals surface area contributed by atoms with Gasteiger partial charge in [0.2, 0.25) is 5.91 Å². The van der Waals surface area contributed by atoms with Crippen LogP contribution in [0, 0.1) is 5.82 Å². The summed E-state index contributed by atoms with van der Waals surface area (Å²) in [5, 5.41) is 11.5. The van der Waals surface area contributed by atoms with Gasteiger partial charge in [-0.15, -0.1) is 0 Å². The average Bonchev–Trinajstić information content (AvgIpc) is 3.12. The van der Waals surface area contributed by atoms with E-state index in [2.05, 4.69) is 15.5 Å². The Morgan fingerprint density at radius 3 is 2.79 bits per heavy atom. The van der Waals surface area contributed by atoms with E-state index in [1.807, 2.05) is 0 Å². The second kappa shape index (κ2) is 7.02. The molecule has 0 fully saturated rings. The molecule has 0 saturated heterocycles. The first-order valence-electron chi connectivity index (χ1n) is 6.95. The lowest BCUT2D eigenvalue weighted by Gasteiger charge is -2.06. The first-order chi connectivity index (χ1) is 11.5. The molecule has 0 spiro atoms. The van der Waals surface area contributed by atoms with Crippen LogP contribution in [-0.2, 0) is 17.9 Å². The maximum absolute atomic E-state index is 13.8. The number of anilines is 1. The van der Waals surface area contributed by atoms with Gasteiger partial charge in [-0.3, -0.25) is 14.2 Å². The summed E-state index contributed by atoms with van der Waals surface area (Å²) in [5.41, 5.74) is 0.339. The summed E-state index contributed by atoms with van der Waals surface area (Å²) in [6.45, 7) is 0.175. The minimum atomic E-state index is -0.404. The lowest BCUT2D eigenvalue weighted by atomic mass is 10.2. The van der Waals surface area contributed by atoms with Crippen LogP contribution in [-0.4, -0.2) is 25.5 Å². The Morgan fingerprint density at radius 2 is 2.08 bits per heavy atom. The lowest BCUT2D eigenvalue weighted by Crippen LogP contribution is -2.19. The lowest BCUT2D eigenvalue weighted by molar-refractivity contribution is -0.116. The van der Waals surface area contributed by atoms with Crippen LogP contribution in [0.2, 0.25) is 10.0 Å². The Bertz CT molecular complexity index is 856. The fourth-order valence-corrected chi connectivity index (χ4v) is 2.50. The number of nitrogens with zero attached hydrogens (tertiary/aromatic N) is 4. The van der Waals surface area contributed by atoms with Crippen molar-refractivity contribution in [2.24, 2.45) is 0 Å². The van der Waals surface area contributed by atoms with Crippen molar-refractivity contribution in [3.63, 3.8) is 0 Å². The highest BCUT2D eigenvalue weighted by atomic mass is 35.5. The Hall–Kier alpha value is -2.38. The maximum Gasteiger partial charge on any atom is 0.247 e. The molecule has 1 amide bonds. The normalized spacial score (nSPS) is 10.8. The van der Waals surface area contributed by atoms with Gasteiger partial charge in [0, 0.05) is 29.0 Å². The number of benzene rings is 1. The summed E-state index contributed by atoms with van der Waals surface area (Å²) < 4.78 is 16.7. The van der Waals surface area contributed by atoms with Gasteiger partial charge in [0.25, 0.3) is 0 Å². The zero-order chi connectivity index (χ0) is 17.1. The van der Waals surface area contributed by atoms with Crippen LogP contribution in [0.25, 0.3) is 0 Å². The predicted octanol–water partition coefficient (Wildman–Crippen LogP) is 3.21. The molecule has 124 valence electrons. The largest absolute Gasteiger partial charge is 0.308 e. The van der Waals surface area contributed by atoms with Crippen LogP contribution < -0.4 is 5.32 Å². The topological polar surface area (TPSA) is 64.7 Å². The third-order valence-corrected chi connectivity index (χ3v) is 3.75. The second-order valence-corrected chi connectivity index (χ2v) is 5.85. The fraction of sp³-hybridized carbons (Fsp3) is 0.133. The van der Waals surface area contributed by atoms with Crippen molar-refractivity contribution in [2.75, 3.05) is 5.32 Å². The fourth-order valence-electron chi connectivity index (χ4n) is 2.12. The van der Waals surface area contributed by atoms with E-state index in [0.717, 1.165) is 0 Å². The van der Waals surface area contributed by atoms with Crippen LogP contribution in [0.15, 0.2) is 42.9 Å². The molecule has 0 saturated carbocycles. The van der Waals surface area contributed by atoms with Crippen LogP contribution in [0.4, 0.5) is 10.2 Å². The number of hydrogen-bond donors (Lipinski definition) is 1. The Labute approximate surface area is 146 Å². The summed E-state index contributed by atoms with van der Waals surface area (Å²) in [7, 11) is 0. The molecule has 0 aliphatic heterocycles. The van der Waals surface area contributed by atoms with Crippen LogP contribution >= 0.6 is 23.2 Å². The standard InChI is InChI=1S/C15H12Cl2FN5O/c16-10-6-19-23(7-10)9-15(24)20-14-4-5-22(21-14)8-11-12(17)2-1-3-13(11)18/h1-7H,8-9H2,(H,20,21,24). The molecule has 24 heavy (non-hydrogen) atoms. The minimum Gasteiger partial charge on any atom is -0.308 e. The molecule has 0 aliphatic carbocycles. The molecule has 0 bridgehead atoms. The molecule has 0 atom stereocenters. The number of nitrogens with one attached hydrogen (secondary N) is 1. The molecule has 0 radical (unpaired) electrons. The summed E-state index contributed by atoms with van der Waals surface area (Å²) in [6, 6.07) is 6.10. The van der Waals surface area contributed by atoms with E-state index < -0.39 is 5.82 Å². The summed E-state index contributed by atoms with van der Waals surface area (Å²) in [6.07, 6.45) is 4.62. The highest BCUT2D eigenvalue weighted by molar-refractivity contribution is 6.31. The van der Waals surface area contributed by atoms with Crippen LogP contribution in [0.3, 0.4) is 0 Å². The van der Waals surface area contributed by atoms with Gasteiger partial charge in [0.1, 0.15) is 12.4 Å². The predicted molar refractivity (Wildman–Crippen MR) is 88.6 cm³/mol. The zero-order valence-electron chi connectivity index (χ0n) is 12.3. The van der Waals surface area contributed by atoms with Gasteiger partial charge in [-0.2, -0.15) is 10.2 Å². The molecule has 6 nitrogen and oxygen atoms in total. The molecule has 1 N–H and O–H groups in total. The highest BCUT2D eigenvalue weighted by Crippen LogP contribution is 2.20. The van der Waals surface area contributed by atoms with Crippen LogP contribution in [0.1, 0.15) is 5.56 Å². The molecule has 3 aromatic rings. The summed E-state index contributed by atoms with van der Waals surface area (Å²) >= 11 is 11.7. The Kier molecular flexibility index (Phi) is 4.82. The second-order valence-electron chi connectivity index (χ2n) is 5.00. The van der Waals surface area contributed by atoms with E-state index in [9.17, 15) is 9.18 Å². The van der Waals surface area contributed by atoms with Crippen molar-refractivity contribution < 1.29 is 9.18 Å². The van der Waals surface area contributed by atoms with Gasteiger partial charge in [0.15, 0.2) is 5.82 Å². The van der Waals surface area contributed by atoms with E-state index in [-0.39, 0.29) is 19.0 Å². The van der Waals surface area contributed by atoms with Gasteiger partial charge in [-0.1, -0.05) is 29.3 Å². The third-order valence-electron chi connectivity index (χ3n) is 3.20. The van der Waals surface area contributed by atoms with Crippen molar-refractivity contribution in [1.29, 1.82) is 0 Å². The zero-order valence-corrected chi connectivity index (χ0v) is 13.8. The van der Waals surface area contributed by atoms with Crippen molar-refractivity contribution >= 4 is 34.9 Å². The van der Waals surface area contributed by atoms with E-state index in [4.69, 9.17) is 23.2 Å². The summed E-state index contributed by atoms with van der Waals surface area (Å²) in [4.78, 5) is 11.9. The average molecular weight is 368 g/mol. The van der Waals surface area contributed by atoms with Crippen molar-refractivity contribution in [2.45, 2.75) is 13.1 Å². The van der Waals surface area contributed by atoms with Gasteiger partial charge < -0.3 is 5.32 Å². The Morgan fingerprint density at radius 1 is 1.25 bits per heavy atom. The van der Waals surface area contributed by atoms with Crippen molar-refractivity contribution in [1.82, 2.24) is 19.6 Å². The van der Waals surface area contributed by atoms with Gasteiger partial charge >= 0.3 is 0 Å². The number of hydrogen-bond acceptors (Lipinski definition) is 3. The smallest absolute Gasteiger partial charge is 0.247 e. The third kappa shape index (κ3) is 3.93. The molecule has 0 aliphatic rings. The molecule has 1 aromatic carbocycles. The molecule has 0 unspecified atom stereocenters. The van der Waals surface area contributed by atoms with E-state index in [1.54, 1.807) is 24.5 Å². The molecule has 3 rings (SSSR count). The van der Waals surface area contributed by atoms with Crippen LogP contribution in [0.5, 0.6) is 0 Å². The number of halogens is 3. The maximum atomic E-state index is 13.8. The van der Waals surface area contributed by atoms with E-state index in [0.29, 0.717) is 21.4 Å². The van der Waals surface area contributed by atoms with E-state index in [1.165, 1.54) is 27.7 Å². The summed E-state index contributed by atoms with van der Waals surface area (Å²) in [5.74, 6) is -0.353. The molecular formula is C15H12Cl2FN5O. The molecular weight excluding hydrogens is 356 g/mol. The molecule has 2 heterocycles. The highest BCUT2D eigenvalue weighted by Gasteiger charge is 2.10. The quantitative estimate of drug-likeness (QED) is 0.752. The first kappa shape index (κ1) is 16.5. The minimum absolute atomic E-state index is 0.0126. The number of carbonyl (C=O) groups is 1. The van der Waals surface area contributed by atoms with Crippen molar-refractivity contribution in [3.8, 4) is 0 Å². The number of amides is 1. The Balaban J connectivity index is 1.64. The number of carbonyl (C=O) groups excluding carboxylic acids is 1.